The second kappa shape index (κ2) is 11.9. The molecule has 0 saturated carbocycles. The van der Waals surface area contributed by atoms with E-state index in [0.29, 0.717) is 58.8 Å². The van der Waals surface area contributed by atoms with Gasteiger partial charge in [-0.05, 0) is 30.7 Å². The largest absolute Gasteiger partial charge is 0.493 e. The van der Waals surface area contributed by atoms with Gasteiger partial charge in [-0.15, -0.1) is 17.0 Å². The summed E-state index contributed by atoms with van der Waals surface area (Å²) in [5.41, 5.74) is 0.290. The average molecular weight is 589 g/mol. The van der Waals surface area contributed by atoms with Gasteiger partial charge in [0.1, 0.15) is 0 Å². The Hall–Kier alpha value is -4.13. The molecule has 0 N–H and O–H groups in total. The van der Waals surface area contributed by atoms with Crippen molar-refractivity contribution in [3.63, 3.8) is 0 Å². The standard InChI is InChI=1S/C25H28N6O6.BrH/c1-28-22-20(24(33)29(2)25(28)34)31(15-26-22)10-6-9-30-11-7-17(8-12-30)27-23(32)16-13-18(35-3)21(37-5)19(14-16)36-4;/h7-8,11-15H,6,9-10H2,1-5H3;1H. The van der Waals surface area contributed by atoms with Crippen LogP contribution in [0.1, 0.15) is 16.8 Å². The fourth-order valence-corrected chi connectivity index (χ4v) is 4.05. The van der Waals surface area contributed by atoms with Crippen LogP contribution in [-0.4, -0.2) is 50.5 Å². The van der Waals surface area contributed by atoms with Gasteiger partial charge in [0.2, 0.25) is 5.75 Å². The average Bonchev–Trinajstić information content (AvgIpc) is 3.34. The number of halogens is 1. The lowest BCUT2D eigenvalue weighted by Crippen LogP contribution is -2.37. The first kappa shape index (κ1) is 28.4. The molecule has 38 heavy (non-hydrogen) atoms. The van der Waals surface area contributed by atoms with E-state index in [2.05, 4.69) is 9.98 Å². The number of aryl methyl sites for hydroxylation is 3. The Morgan fingerprint density at radius 2 is 1.58 bits per heavy atom. The number of methoxy groups -OCH3 is 3. The minimum absolute atomic E-state index is 0. The maximum absolute atomic E-state index is 12.8. The summed E-state index contributed by atoms with van der Waals surface area (Å²) in [5, 5.41) is 0.500. The van der Waals surface area contributed by atoms with Gasteiger partial charge in [-0.3, -0.25) is 18.7 Å². The summed E-state index contributed by atoms with van der Waals surface area (Å²) >= 11 is 0. The number of ether oxygens (including phenoxy) is 3. The molecule has 0 aliphatic carbocycles. The van der Waals surface area contributed by atoms with Gasteiger partial charge < -0.3 is 23.3 Å². The van der Waals surface area contributed by atoms with Crippen LogP contribution < -0.4 is 30.8 Å². The number of hydrogen-bond donors (Lipinski definition) is 0. The fraction of sp³-hybridized carbons (Fsp3) is 0.320. The minimum Gasteiger partial charge on any atom is -0.493 e. The molecular formula is C25H29BrN6O6. The van der Waals surface area contributed by atoms with Crippen LogP contribution in [0.25, 0.3) is 11.2 Å². The molecule has 12 nitrogen and oxygen atoms in total. The molecule has 0 atom stereocenters. The van der Waals surface area contributed by atoms with Gasteiger partial charge in [0.05, 0.1) is 33.0 Å². The van der Waals surface area contributed by atoms with E-state index >= 15 is 0 Å². The number of amides is 1. The number of aromatic nitrogens is 5. The SMILES string of the molecule is Br.COc1cc(C(=O)N=c2ccn(CCCn3cnc4c3c(=O)n(C)c(=O)n4C)cc2)cc(OC)c1OC. The first-order valence-electron chi connectivity index (χ1n) is 11.4. The lowest BCUT2D eigenvalue weighted by molar-refractivity contribution is 0.0997. The van der Waals surface area contributed by atoms with E-state index in [4.69, 9.17) is 14.2 Å². The van der Waals surface area contributed by atoms with Gasteiger partial charge in [0, 0.05) is 45.1 Å². The van der Waals surface area contributed by atoms with Crippen molar-refractivity contribution in [2.45, 2.75) is 19.5 Å². The van der Waals surface area contributed by atoms with Gasteiger partial charge in [-0.1, -0.05) is 0 Å². The first-order chi connectivity index (χ1) is 17.8. The van der Waals surface area contributed by atoms with E-state index in [9.17, 15) is 14.4 Å². The smallest absolute Gasteiger partial charge is 0.332 e. The summed E-state index contributed by atoms with van der Waals surface area (Å²) in [6.07, 6.45) is 5.95. The lowest BCUT2D eigenvalue weighted by atomic mass is 10.1. The predicted octanol–water partition coefficient (Wildman–Crippen LogP) is 1.67. The summed E-state index contributed by atoms with van der Waals surface area (Å²) in [6, 6.07) is 6.60. The van der Waals surface area contributed by atoms with Crippen molar-refractivity contribution < 1.29 is 19.0 Å². The number of hydrogen-bond acceptors (Lipinski definition) is 7. The molecule has 0 radical (unpaired) electrons. The van der Waals surface area contributed by atoms with Crippen LogP contribution in [-0.2, 0) is 27.2 Å². The second-order valence-corrected chi connectivity index (χ2v) is 8.29. The van der Waals surface area contributed by atoms with E-state index in [0.717, 1.165) is 4.57 Å². The van der Waals surface area contributed by atoms with Crippen LogP contribution in [0.3, 0.4) is 0 Å². The predicted molar refractivity (Wildman–Crippen MR) is 146 cm³/mol. The zero-order valence-corrected chi connectivity index (χ0v) is 23.4. The molecule has 202 valence electrons. The van der Waals surface area contributed by atoms with Gasteiger partial charge in [0.25, 0.3) is 11.5 Å². The number of nitrogens with zero attached hydrogens (tertiary/aromatic N) is 6. The van der Waals surface area contributed by atoms with Crippen LogP contribution in [0.4, 0.5) is 0 Å². The third-order valence-corrected chi connectivity index (χ3v) is 6.05. The van der Waals surface area contributed by atoms with Gasteiger partial charge in [-0.2, -0.15) is 0 Å². The number of carbonyl (C=O) groups is 1. The molecule has 0 unspecified atom stereocenters. The summed E-state index contributed by atoms with van der Waals surface area (Å²) in [7, 11) is 7.51. The van der Waals surface area contributed by atoms with E-state index < -0.39 is 11.6 Å². The summed E-state index contributed by atoms with van der Waals surface area (Å²) < 4.78 is 22.1. The van der Waals surface area contributed by atoms with Crippen LogP contribution in [0.2, 0.25) is 0 Å². The zero-order valence-electron chi connectivity index (χ0n) is 21.7. The van der Waals surface area contributed by atoms with Crippen molar-refractivity contribution in [3.05, 3.63) is 74.7 Å². The number of rotatable bonds is 8. The maximum Gasteiger partial charge on any atom is 0.332 e. The third kappa shape index (κ3) is 5.42. The van der Waals surface area contributed by atoms with Crippen LogP contribution in [0, 0.1) is 0 Å². The van der Waals surface area contributed by atoms with Crippen molar-refractivity contribution in [1.82, 2.24) is 23.3 Å². The van der Waals surface area contributed by atoms with Crippen LogP contribution in [0.15, 0.2) is 57.6 Å². The Balaban J connectivity index is 0.00000400. The molecule has 0 aliphatic rings. The van der Waals surface area contributed by atoms with E-state index in [1.807, 2.05) is 17.0 Å². The molecule has 1 aromatic carbocycles. The summed E-state index contributed by atoms with van der Waals surface area (Å²) in [4.78, 5) is 45.9. The second-order valence-electron chi connectivity index (χ2n) is 8.29. The maximum atomic E-state index is 12.8. The molecule has 0 spiro atoms. The monoisotopic (exact) mass is 588 g/mol. The summed E-state index contributed by atoms with van der Waals surface area (Å²) in [5.74, 6) is 0.699. The van der Waals surface area contributed by atoms with Gasteiger partial charge >= 0.3 is 5.69 Å². The molecule has 4 rings (SSSR count). The highest BCUT2D eigenvalue weighted by Gasteiger charge is 2.17. The molecule has 13 heteroatoms. The quantitative estimate of drug-likeness (QED) is 0.306. The Morgan fingerprint density at radius 3 is 2.16 bits per heavy atom. The van der Waals surface area contributed by atoms with E-state index in [1.54, 1.807) is 42.2 Å². The minimum atomic E-state index is -0.444. The molecule has 0 aliphatic heterocycles. The highest BCUT2D eigenvalue weighted by Crippen LogP contribution is 2.38. The van der Waals surface area contributed by atoms with Crippen molar-refractivity contribution >= 4 is 34.1 Å². The van der Waals surface area contributed by atoms with Crippen molar-refractivity contribution in [1.29, 1.82) is 0 Å². The van der Waals surface area contributed by atoms with Crippen molar-refractivity contribution in [2.75, 3.05) is 21.3 Å². The summed E-state index contributed by atoms with van der Waals surface area (Å²) in [6.45, 7) is 1.20. The normalized spacial score (nSPS) is 10.7. The molecule has 0 bridgehead atoms. The topological polar surface area (TPSA) is 124 Å². The lowest BCUT2D eigenvalue weighted by Gasteiger charge is -2.12. The third-order valence-electron chi connectivity index (χ3n) is 6.05. The first-order valence-corrected chi connectivity index (χ1v) is 11.4. The number of pyridine rings is 1. The Kier molecular flexibility index (Phi) is 8.94. The Labute approximate surface area is 228 Å². The van der Waals surface area contributed by atoms with Crippen molar-refractivity contribution in [2.24, 2.45) is 19.1 Å². The van der Waals surface area contributed by atoms with E-state index in [1.165, 1.54) is 32.9 Å². The molecule has 3 aromatic heterocycles. The molecule has 3 heterocycles. The highest BCUT2D eigenvalue weighted by molar-refractivity contribution is 8.93. The van der Waals surface area contributed by atoms with Crippen LogP contribution >= 0.6 is 17.0 Å². The molecule has 1 amide bonds. The number of carbonyl (C=O) groups excluding carboxylic acids is 1. The van der Waals surface area contributed by atoms with Crippen molar-refractivity contribution in [3.8, 4) is 17.2 Å². The van der Waals surface area contributed by atoms with Gasteiger partial charge in [-0.25, -0.2) is 14.8 Å². The Morgan fingerprint density at radius 1 is 0.947 bits per heavy atom. The Bertz CT molecular complexity index is 1620. The molecule has 4 aromatic rings. The van der Waals surface area contributed by atoms with Crippen LogP contribution in [0.5, 0.6) is 17.2 Å². The zero-order chi connectivity index (χ0) is 26.7. The number of imidazole rings is 1. The molecular weight excluding hydrogens is 560 g/mol. The number of benzene rings is 1. The molecule has 0 saturated heterocycles. The highest BCUT2D eigenvalue weighted by atomic mass is 79.9. The van der Waals surface area contributed by atoms with Gasteiger partial charge in [0.15, 0.2) is 22.7 Å². The van der Waals surface area contributed by atoms with E-state index in [-0.39, 0.29) is 22.5 Å². The fourth-order valence-electron chi connectivity index (χ4n) is 4.05. The molecule has 0 fully saturated rings. The number of fused-ring (bicyclic) bond motifs is 1.